The zero-order valence-electron chi connectivity index (χ0n) is 10.6. The molecule has 1 aromatic rings. The molecule has 0 amide bonds. The normalized spacial score (nSPS) is 19.1. The van der Waals surface area contributed by atoms with Crippen molar-refractivity contribution < 1.29 is 8.42 Å². The van der Waals surface area contributed by atoms with Gasteiger partial charge in [0.25, 0.3) is 0 Å². The van der Waals surface area contributed by atoms with Crippen molar-refractivity contribution in [3.05, 3.63) is 28.8 Å². The molecule has 1 atom stereocenters. The van der Waals surface area contributed by atoms with Crippen LogP contribution in [-0.4, -0.2) is 31.0 Å². The number of halogens is 1. The Morgan fingerprint density at radius 1 is 1.55 bits per heavy atom. The lowest BCUT2D eigenvalue weighted by Gasteiger charge is -2.12. The van der Waals surface area contributed by atoms with E-state index < -0.39 is 10.0 Å². The first-order chi connectivity index (χ1) is 9.40. The Labute approximate surface area is 133 Å². The van der Waals surface area contributed by atoms with Crippen molar-refractivity contribution in [2.75, 3.05) is 12.3 Å². The van der Waals surface area contributed by atoms with Crippen molar-refractivity contribution in [3.63, 3.8) is 0 Å². The van der Waals surface area contributed by atoms with E-state index in [0.717, 1.165) is 18.6 Å². The summed E-state index contributed by atoms with van der Waals surface area (Å²) in [4.78, 5) is 0.278. The van der Waals surface area contributed by atoms with Crippen molar-refractivity contribution in [3.8, 4) is 0 Å². The van der Waals surface area contributed by atoms with Gasteiger partial charge in [-0.15, -0.1) is 0 Å². The van der Waals surface area contributed by atoms with Crippen LogP contribution in [0.15, 0.2) is 23.1 Å². The molecule has 0 aliphatic carbocycles. The van der Waals surface area contributed by atoms with Crippen LogP contribution in [0.2, 0.25) is 5.02 Å². The monoisotopic (exact) mass is 350 g/mol. The zero-order valence-corrected chi connectivity index (χ0v) is 13.8. The van der Waals surface area contributed by atoms with Gasteiger partial charge in [0.1, 0.15) is 4.99 Å². The molecular formula is C12H15ClN2O2S3. The Hall–Kier alpha value is -0.340. The molecule has 20 heavy (non-hydrogen) atoms. The number of nitrogens with one attached hydrogen (secondary N) is 1. The van der Waals surface area contributed by atoms with E-state index in [2.05, 4.69) is 4.72 Å². The van der Waals surface area contributed by atoms with Gasteiger partial charge in [0, 0.05) is 17.4 Å². The minimum atomic E-state index is -3.54. The standard InChI is InChI=1S/C12H15ClN2O2S3/c13-11-6-9(3-4-10(11)12(14)18)20(16,17)15-7-8-2-1-5-19-8/h3-4,6,8,15H,1-2,5,7H2,(H2,14,18). The first-order valence-electron chi connectivity index (χ1n) is 6.11. The Bertz CT molecular complexity index is 613. The molecular weight excluding hydrogens is 336 g/mol. The molecule has 1 unspecified atom stereocenters. The summed E-state index contributed by atoms with van der Waals surface area (Å²) >= 11 is 12.6. The smallest absolute Gasteiger partial charge is 0.240 e. The van der Waals surface area contributed by atoms with E-state index >= 15 is 0 Å². The maximum Gasteiger partial charge on any atom is 0.240 e. The summed E-state index contributed by atoms with van der Waals surface area (Å²) in [7, 11) is -3.54. The number of rotatable bonds is 5. The predicted octanol–water partition coefficient (Wildman–Crippen LogP) is 2.15. The van der Waals surface area contributed by atoms with Crippen LogP contribution in [-0.2, 0) is 10.0 Å². The average Bonchev–Trinajstić information content (AvgIpc) is 2.89. The molecule has 1 fully saturated rings. The fraction of sp³-hybridized carbons (Fsp3) is 0.417. The molecule has 4 nitrogen and oxygen atoms in total. The maximum atomic E-state index is 12.2. The number of hydrogen-bond acceptors (Lipinski definition) is 4. The van der Waals surface area contributed by atoms with Gasteiger partial charge in [-0.1, -0.05) is 23.8 Å². The third kappa shape index (κ3) is 3.85. The molecule has 1 aliphatic heterocycles. The number of thiocarbonyl (C=S) groups is 1. The molecule has 1 aromatic carbocycles. The van der Waals surface area contributed by atoms with Crippen molar-refractivity contribution in [1.82, 2.24) is 4.72 Å². The lowest BCUT2D eigenvalue weighted by atomic mass is 10.2. The molecule has 0 aromatic heterocycles. The van der Waals surface area contributed by atoms with Crippen LogP contribution in [0, 0.1) is 0 Å². The Kier molecular flexibility index (Phi) is 5.30. The third-order valence-corrected chi connectivity index (χ3v) is 6.39. The number of nitrogens with two attached hydrogens (primary N) is 1. The highest BCUT2D eigenvalue weighted by Crippen LogP contribution is 2.26. The molecule has 0 spiro atoms. The number of thioether (sulfide) groups is 1. The molecule has 3 N–H and O–H groups in total. The van der Waals surface area contributed by atoms with Gasteiger partial charge < -0.3 is 5.73 Å². The highest BCUT2D eigenvalue weighted by Gasteiger charge is 2.21. The summed E-state index contributed by atoms with van der Waals surface area (Å²) in [5.74, 6) is 1.10. The summed E-state index contributed by atoms with van der Waals surface area (Å²) < 4.78 is 27.0. The number of hydrogen-bond donors (Lipinski definition) is 2. The third-order valence-electron chi connectivity index (χ3n) is 3.04. The first-order valence-corrected chi connectivity index (χ1v) is 9.42. The van der Waals surface area contributed by atoms with E-state index in [1.807, 2.05) is 0 Å². The van der Waals surface area contributed by atoms with Crippen molar-refractivity contribution in [1.29, 1.82) is 0 Å². The second-order valence-corrected chi connectivity index (χ2v) is 8.52. The lowest BCUT2D eigenvalue weighted by Crippen LogP contribution is -2.30. The summed E-state index contributed by atoms with van der Waals surface area (Å²) in [6.07, 6.45) is 2.19. The summed E-state index contributed by atoms with van der Waals surface area (Å²) in [6.45, 7) is 0.446. The minimum Gasteiger partial charge on any atom is -0.389 e. The predicted molar refractivity (Wildman–Crippen MR) is 88.0 cm³/mol. The van der Waals surface area contributed by atoms with Crippen LogP contribution < -0.4 is 10.5 Å². The molecule has 0 radical (unpaired) electrons. The highest BCUT2D eigenvalue weighted by atomic mass is 35.5. The summed E-state index contributed by atoms with van der Waals surface area (Å²) in [5, 5.41) is 0.603. The van der Waals surface area contributed by atoms with Crippen LogP contribution in [0.4, 0.5) is 0 Å². The number of benzene rings is 1. The van der Waals surface area contributed by atoms with E-state index in [-0.39, 0.29) is 14.9 Å². The van der Waals surface area contributed by atoms with Gasteiger partial charge in [0.2, 0.25) is 10.0 Å². The van der Waals surface area contributed by atoms with Crippen LogP contribution in [0.5, 0.6) is 0 Å². The van der Waals surface area contributed by atoms with Crippen LogP contribution in [0.25, 0.3) is 0 Å². The molecule has 8 heteroatoms. The van der Waals surface area contributed by atoms with Crippen molar-refractivity contribution >= 4 is 50.6 Å². The van der Waals surface area contributed by atoms with Gasteiger partial charge in [0.15, 0.2) is 0 Å². The summed E-state index contributed by atoms with van der Waals surface area (Å²) in [6, 6.07) is 4.37. The molecule has 1 saturated heterocycles. The minimum absolute atomic E-state index is 0.130. The number of sulfonamides is 1. The molecule has 110 valence electrons. The van der Waals surface area contributed by atoms with E-state index in [4.69, 9.17) is 29.6 Å². The van der Waals surface area contributed by atoms with E-state index in [1.54, 1.807) is 11.8 Å². The van der Waals surface area contributed by atoms with Gasteiger partial charge in [-0.25, -0.2) is 13.1 Å². The van der Waals surface area contributed by atoms with Gasteiger partial charge >= 0.3 is 0 Å². The Balaban J connectivity index is 2.12. The van der Waals surface area contributed by atoms with Crippen LogP contribution >= 0.6 is 35.6 Å². The second-order valence-electron chi connectivity index (χ2n) is 4.49. The van der Waals surface area contributed by atoms with Crippen molar-refractivity contribution in [2.24, 2.45) is 5.73 Å². The average molecular weight is 351 g/mol. The van der Waals surface area contributed by atoms with Crippen molar-refractivity contribution in [2.45, 2.75) is 23.0 Å². The molecule has 1 heterocycles. The summed E-state index contributed by atoms with van der Waals surface area (Å²) in [5.41, 5.74) is 5.97. The SMILES string of the molecule is NC(=S)c1ccc(S(=O)(=O)NCC2CCCS2)cc1Cl. The fourth-order valence-corrected chi connectivity index (χ4v) is 4.95. The van der Waals surface area contributed by atoms with Crippen LogP contribution in [0.3, 0.4) is 0 Å². The van der Waals surface area contributed by atoms with Gasteiger partial charge in [-0.2, -0.15) is 11.8 Å². The fourth-order valence-electron chi connectivity index (χ4n) is 1.95. The van der Waals surface area contributed by atoms with Gasteiger partial charge in [-0.3, -0.25) is 0 Å². The topological polar surface area (TPSA) is 72.2 Å². The molecule has 1 aliphatic rings. The van der Waals surface area contributed by atoms with E-state index in [0.29, 0.717) is 17.4 Å². The Morgan fingerprint density at radius 3 is 2.85 bits per heavy atom. The Morgan fingerprint density at radius 2 is 2.30 bits per heavy atom. The van der Waals surface area contributed by atoms with E-state index in [9.17, 15) is 8.42 Å². The molecule has 0 bridgehead atoms. The maximum absolute atomic E-state index is 12.2. The lowest BCUT2D eigenvalue weighted by molar-refractivity contribution is 0.579. The quantitative estimate of drug-likeness (QED) is 0.796. The van der Waals surface area contributed by atoms with E-state index in [1.165, 1.54) is 18.2 Å². The van der Waals surface area contributed by atoms with Crippen LogP contribution in [0.1, 0.15) is 18.4 Å². The molecule has 0 saturated carbocycles. The second kappa shape index (κ2) is 6.62. The largest absolute Gasteiger partial charge is 0.389 e. The van der Waals surface area contributed by atoms with Gasteiger partial charge in [-0.05, 0) is 36.8 Å². The zero-order chi connectivity index (χ0) is 14.8. The highest BCUT2D eigenvalue weighted by molar-refractivity contribution is 8.00. The first kappa shape index (κ1) is 16.0. The molecule has 2 rings (SSSR count). The van der Waals surface area contributed by atoms with Gasteiger partial charge in [0.05, 0.1) is 9.92 Å².